The van der Waals surface area contributed by atoms with Crippen molar-refractivity contribution in [3.63, 3.8) is 0 Å². The van der Waals surface area contributed by atoms with E-state index in [0.29, 0.717) is 15.1 Å². The minimum atomic E-state index is -3.49. The lowest BCUT2D eigenvalue weighted by atomic mass is 10.1. The van der Waals surface area contributed by atoms with E-state index >= 15 is 0 Å². The summed E-state index contributed by atoms with van der Waals surface area (Å²) in [5.41, 5.74) is 0.802. The summed E-state index contributed by atoms with van der Waals surface area (Å²) in [5, 5.41) is 0. The fourth-order valence-corrected chi connectivity index (χ4v) is 5.73. The van der Waals surface area contributed by atoms with Crippen LogP contribution in [0.15, 0.2) is 40.7 Å². The Hall–Kier alpha value is -0.950. The number of nitrogens with zero attached hydrogens (tertiary/aromatic N) is 2. The standard InChI is InChI=1S/C13H13ClN2O2S2/c14-12-6-7-13(19-12)20(17,18)16-9-3-5-11(16)10-4-1-2-8-15-10/h1-2,4,6-8,11H,3,5,9H2. The number of hydrogen-bond acceptors (Lipinski definition) is 4. The second-order valence-electron chi connectivity index (χ2n) is 4.59. The van der Waals surface area contributed by atoms with Crippen LogP contribution in [0.25, 0.3) is 0 Å². The fourth-order valence-electron chi connectivity index (χ4n) is 2.45. The van der Waals surface area contributed by atoms with Crippen molar-refractivity contribution in [2.75, 3.05) is 6.54 Å². The maximum atomic E-state index is 12.7. The number of rotatable bonds is 3. The smallest absolute Gasteiger partial charge is 0.253 e. The molecule has 0 radical (unpaired) electrons. The van der Waals surface area contributed by atoms with Crippen LogP contribution in [0.2, 0.25) is 4.34 Å². The molecular weight excluding hydrogens is 316 g/mol. The first kappa shape index (κ1) is 14.0. The summed E-state index contributed by atoms with van der Waals surface area (Å²) in [4.78, 5) is 4.29. The molecule has 1 fully saturated rings. The third-order valence-electron chi connectivity index (χ3n) is 3.34. The lowest BCUT2D eigenvalue weighted by molar-refractivity contribution is 0.391. The van der Waals surface area contributed by atoms with E-state index in [4.69, 9.17) is 11.6 Å². The van der Waals surface area contributed by atoms with Gasteiger partial charge in [0.05, 0.1) is 16.1 Å². The number of aromatic nitrogens is 1. The molecule has 0 aromatic carbocycles. The number of sulfonamides is 1. The highest BCUT2D eigenvalue weighted by atomic mass is 35.5. The Bertz CT molecular complexity index is 700. The minimum absolute atomic E-state index is 0.179. The fraction of sp³-hybridized carbons (Fsp3) is 0.308. The first-order valence-corrected chi connectivity index (χ1v) is 8.90. The van der Waals surface area contributed by atoms with Crippen molar-refractivity contribution in [2.45, 2.75) is 23.1 Å². The predicted octanol–water partition coefficient (Wildman–Crippen LogP) is 3.32. The van der Waals surface area contributed by atoms with Crippen LogP contribution in [0, 0.1) is 0 Å². The molecule has 0 saturated carbocycles. The number of halogens is 1. The topological polar surface area (TPSA) is 50.3 Å². The Labute approximate surface area is 127 Å². The molecule has 0 amide bonds. The molecule has 0 N–H and O–H groups in total. The van der Waals surface area contributed by atoms with Crippen molar-refractivity contribution >= 4 is 33.0 Å². The van der Waals surface area contributed by atoms with Crippen LogP contribution in [-0.4, -0.2) is 24.3 Å². The van der Waals surface area contributed by atoms with Crippen LogP contribution in [0.3, 0.4) is 0 Å². The molecule has 3 rings (SSSR count). The van der Waals surface area contributed by atoms with Gasteiger partial charge < -0.3 is 0 Å². The quantitative estimate of drug-likeness (QED) is 0.868. The van der Waals surface area contributed by atoms with Gasteiger partial charge in [0.2, 0.25) is 0 Å². The van der Waals surface area contributed by atoms with E-state index in [9.17, 15) is 8.42 Å². The summed E-state index contributed by atoms with van der Waals surface area (Å²) >= 11 is 6.94. The largest absolute Gasteiger partial charge is 0.260 e. The molecule has 1 aliphatic heterocycles. The van der Waals surface area contributed by atoms with Gasteiger partial charge in [-0.2, -0.15) is 4.31 Å². The van der Waals surface area contributed by atoms with E-state index in [-0.39, 0.29) is 6.04 Å². The van der Waals surface area contributed by atoms with Gasteiger partial charge in [0.15, 0.2) is 0 Å². The maximum Gasteiger partial charge on any atom is 0.253 e. The average Bonchev–Trinajstić information content (AvgIpc) is 3.08. The Morgan fingerprint density at radius 2 is 2.15 bits per heavy atom. The molecule has 0 spiro atoms. The second kappa shape index (κ2) is 5.44. The zero-order valence-electron chi connectivity index (χ0n) is 10.6. The summed E-state index contributed by atoms with van der Waals surface area (Å²) in [6.07, 6.45) is 3.34. The molecule has 4 nitrogen and oxygen atoms in total. The van der Waals surface area contributed by atoms with Crippen molar-refractivity contribution < 1.29 is 8.42 Å². The van der Waals surface area contributed by atoms with Crippen molar-refractivity contribution in [1.82, 2.24) is 9.29 Å². The monoisotopic (exact) mass is 328 g/mol. The Balaban J connectivity index is 1.97. The third-order valence-corrected chi connectivity index (χ3v) is 6.95. The summed E-state index contributed by atoms with van der Waals surface area (Å²) in [7, 11) is -3.49. The lowest BCUT2D eigenvalue weighted by Gasteiger charge is -2.22. The van der Waals surface area contributed by atoms with E-state index in [1.807, 2.05) is 18.2 Å². The van der Waals surface area contributed by atoms with Gasteiger partial charge in [-0.25, -0.2) is 8.42 Å². The first-order chi connectivity index (χ1) is 9.59. The summed E-state index contributed by atoms with van der Waals surface area (Å²) in [6, 6.07) is 8.59. The molecule has 2 aromatic heterocycles. The van der Waals surface area contributed by atoms with Gasteiger partial charge in [-0.15, -0.1) is 11.3 Å². The van der Waals surface area contributed by atoms with Gasteiger partial charge in [-0.05, 0) is 37.1 Å². The summed E-state index contributed by atoms with van der Waals surface area (Å²) in [5.74, 6) is 0. The van der Waals surface area contributed by atoms with Crippen molar-refractivity contribution in [1.29, 1.82) is 0 Å². The molecule has 0 aliphatic carbocycles. The summed E-state index contributed by atoms with van der Waals surface area (Å²) in [6.45, 7) is 0.527. The van der Waals surface area contributed by atoms with Crippen LogP contribution in [-0.2, 0) is 10.0 Å². The molecule has 1 atom stereocenters. The van der Waals surface area contributed by atoms with Gasteiger partial charge >= 0.3 is 0 Å². The molecular formula is C13H13ClN2O2S2. The Morgan fingerprint density at radius 1 is 1.30 bits per heavy atom. The molecule has 3 heterocycles. The highest BCUT2D eigenvalue weighted by Gasteiger charge is 2.37. The van der Waals surface area contributed by atoms with Crippen LogP contribution in [0.1, 0.15) is 24.6 Å². The minimum Gasteiger partial charge on any atom is -0.260 e. The van der Waals surface area contributed by atoms with Crippen molar-refractivity contribution in [3.05, 3.63) is 46.6 Å². The van der Waals surface area contributed by atoms with Gasteiger partial charge in [-0.1, -0.05) is 17.7 Å². The van der Waals surface area contributed by atoms with E-state index < -0.39 is 10.0 Å². The van der Waals surface area contributed by atoms with Crippen LogP contribution < -0.4 is 0 Å². The van der Waals surface area contributed by atoms with E-state index in [1.54, 1.807) is 18.3 Å². The van der Waals surface area contributed by atoms with Gasteiger partial charge in [0.25, 0.3) is 10.0 Å². The SMILES string of the molecule is O=S(=O)(c1ccc(Cl)s1)N1CCCC1c1ccccn1. The Morgan fingerprint density at radius 3 is 2.80 bits per heavy atom. The number of pyridine rings is 1. The Kier molecular flexibility index (Phi) is 3.81. The van der Waals surface area contributed by atoms with E-state index in [2.05, 4.69) is 4.98 Å². The average molecular weight is 329 g/mol. The normalized spacial score (nSPS) is 20.4. The van der Waals surface area contributed by atoms with E-state index in [1.165, 1.54) is 4.31 Å². The van der Waals surface area contributed by atoms with Gasteiger partial charge in [-0.3, -0.25) is 4.98 Å². The van der Waals surface area contributed by atoms with Crippen LogP contribution in [0.4, 0.5) is 0 Å². The highest BCUT2D eigenvalue weighted by molar-refractivity contribution is 7.91. The van der Waals surface area contributed by atoms with Gasteiger partial charge in [0, 0.05) is 12.7 Å². The molecule has 20 heavy (non-hydrogen) atoms. The highest BCUT2D eigenvalue weighted by Crippen LogP contribution is 2.37. The maximum absolute atomic E-state index is 12.7. The molecule has 1 saturated heterocycles. The number of thiophene rings is 1. The zero-order chi connectivity index (χ0) is 14.2. The zero-order valence-corrected chi connectivity index (χ0v) is 13.0. The van der Waals surface area contributed by atoms with E-state index in [0.717, 1.165) is 29.9 Å². The lowest BCUT2D eigenvalue weighted by Crippen LogP contribution is -2.30. The molecule has 1 unspecified atom stereocenters. The van der Waals surface area contributed by atoms with Crippen molar-refractivity contribution in [2.24, 2.45) is 0 Å². The predicted molar refractivity (Wildman–Crippen MR) is 79.4 cm³/mol. The molecule has 0 bridgehead atoms. The molecule has 7 heteroatoms. The van der Waals surface area contributed by atoms with Gasteiger partial charge in [0.1, 0.15) is 4.21 Å². The third kappa shape index (κ3) is 2.48. The molecule has 106 valence electrons. The van der Waals surface area contributed by atoms with Crippen molar-refractivity contribution in [3.8, 4) is 0 Å². The molecule has 1 aliphatic rings. The van der Waals surface area contributed by atoms with Crippen LogP contribution >= 0.6 is 22.9 Å². The first-order valence-electron chi connectivity index (χ1n) is 6.27. The van der Waals surface area contributed by atoms with Crippen LogP contribution in [0.5, 0.6) is 0 Å². The second-order valence-corrected chi connectivity index (χ2v) is 8.42. The molecule has 2 aromatic rings. The number of hydrogen-bond donors (Lipinski definition) is 0. The summed E-state index contributed by atoms with van der Waals surface area (Å²) < 4.78 is 27.7.